The van der Waals surface area contributed by atoms with Crippen molar-refractivity contribution in [3.63, 3.8) is 0 Å². The van der Waals surface area contributed by atoms with Gasteiger partial charge in [0.25, 0.3) is 5.91 Å². The van der Waals surface area contributed by atoms with E-state index in [1.54, 1.807) is 43.5 Å². The van der Waals surface area contributed by atoms with Gasteiger partial charge in [-0.3, -0.25) is 9.69 Å². The zero-order valence-corrected chi connectivity index (χ0v) is 22.8. The van der Waals surface area contributed by atoms with Gasteiger partial charge in [0.15, 0.2) is 11.4 Å². The summed E-state index contributed by atoms with van der Waals surface area (Å²) < 4.78 is 6.88. The van der Waals surface area contributed by atoms with Gasteiger partial charge in [-0.1, -0.05) is 47.2 Å². The fourth-order valence-corrected chi connectivity index (χ4v) is 4.53. The second-order valence-electron chi connectivity index (χ2n) is 10.0. The molecule has 1 aromatic heterocycles. The maximum Gasteiger partial charge on any atom is 0.276 e. The Balaban J connectivity index is 1.68. The number of carbonyl (C=O) groups is 1. The summed E-state index contributed by atoms with van der Waals surface area (Å²) in [6.45, 7) is 8.07. The minimum atomic E-state index is -0.509. The van der Waals surface area contributed by atoms with Crippen molar-refractivity contribution in [2.45, 2.75) is 38.8 Å². The zero-order chi connectivity index (χ0) is 26.7. The van der Waals surface area contributed by atoms with Gasteiger partial charge in [-0.05, 0) is 57.5 Å². The summed E-state index contributed by atoms with van der Waals surface area (Å²) in [6, 6.07) is 12.3. The molecule has 2 N–H and O–H groups in total. The van der Waals surface area contributed by atoms with Crippen LogP contribution in [0.4, 0.5) is 0 Å². The Kier molecular flexibility index (Phi) is 8.15. The first-order valence-electron chi connectivity index (χ1n) is 12.0. The summed E-state index contributed by atoms with van der Waals surface area (Å²) in [4.78, 5) is 15.2. The van der Waals surface area contributed by atoms with Crippen molar-refractivity contribution in [2.24, 2.45) is 0 Å². The number of rotatable bonds is 5. The monoisotopic (exact) mass is 540 g/mol. The first kappa shape index (κ1) is 27.0. The van der Waals surface area contributed by atoms with Crippen LogP contribution in [0.15, 0.2) is 42.5 Å². The fourth-order valence-electron chi connectivity index (χ4n) is 4.15. The molecular formula is C28H30Cl2N4O3. The maximum absolute atomic E-state index is 12.9. The number of benzene rings is 2. The number of halogens is 2. The molecule has 0 saturated carbocycles. The van der Waals surface area contributed by atoms with E-state index >= 15 is 0 Å². The van der Waals surface area contributed by atoms with Crippen LogP contribution in [0.5, 0.6) is 5.75 Å². The van der Waals surface area contributed by atoms with Crippen molar-refractivity contribution in [3.8, 4) is 34.5 Å². The predicted octanol–water partition coefficient (Wildman–Crippen LogP) is 5.15. The van der Waals surface area contributed by atoms with Crippen LogP contribution in [0.3, 0.4) is 0 Å². The molecule has 0 spiro atoms. The summed E-state index contributed by atoms with van der Waals surface area (Å²) in [6.07, 6.45) is 1.28. The SMILES string of the molecule is COC1CCN(CC#Cc2ccc(-n3nc(C(=O)NC(C)(C)C)c(O)c3-c3ccc(Cl)cc3)c(Cl)c2)C1. The zero-order valence-electron chi connectivity index (χ0n) is 21.3. The number of aromatic nitrogens is 2. The standard InChI is InChI=1S/C28H30Cl2N4O3/c1-28(2,3)31-27(36)24-26(35)25(19-8-10-20(29)11-9-19)34(32-24)23-12-7-18(16-22(23)30)6-5-14-33-15-13-21(17-33)37-4/h7-12,16,21,35H,13-15,17H2,1-4H3,(H,31,36). The van der Waals surface area contributed by atoms with Crippen molar-refractivity contribution < 1.29 is 14.6 Å². The molecule has 37 heavy (non-hydrogen) atoms. The molecule has 9 heteroatoms. The van der Waals surface area contributed by atoms with Gasteiger partial charge in [-0.25, -0.2) is 4.68 Å². The van der Waals surface area contributed by atoms with Crippen LogP contribution in [0.25, 0.3) is 16.9 Å². The van der Waals surface area contributed by atoms with E-state index in [2.05, 4.69) is 27.2 Å². The molecule has 3 aromatic rings. The number of amides is 1. The summed E-state index contributed by atoms with van der Waals surface area (Å²) in [5, 5.41) is 19.3. The molecule has 1 aliphatic heterocycles. The van der Waals surface area contributed by atoms with E-state index in [0.29, 0.717) is 33.5 Å². The highest BCUT2D eigenvalue weighted by Gasteiger charge is 2.27. The van der Waals surface area contributed by atoms with E-state index in [4.69, 9.17) is 27.9 Å². The first-order chi connectivity index (χ1) is 17.6. The molecule has 1 saturated heterocycles. The molecule has 2 aromatic carbocycles. The number of carbonyl (C=O) groups excluding carboxylic acids is 1. The average molecular weight is 541 g/mol. The molecular weight excluding hydrogens is 511 g/mol. The largest absolute Gasteiger partial charge is 0.504 e. The number of nitrogens with one attached hydrogen (secondary N) is 1. The summed E-state index contributed by atoms with van der Waals surface area (Å²) in [5.41, 5.74) is 1.61. The Bertz CT molecular complexity index is 1350. The van der Waals surface area contributed by atoms with E-state index in [0.717, 1.165) is 25.1 Å². The Morgan fingerprint density at radius 1 is 1.22 bits per heavy atom. The van der Waals surface area contributed by atoms with Gasteiger partial charge in [0, 0.05) is 41.9 Å². The van der Waals surface area contributed by atoms with Gasteiger partial charge in [0.2, 0.25) is 0 Å². The van der Waals surface area contributed by atoms with Gasteiger partial charge < -0.3 is 15.2 Å². The Morgan fingerprint density at radius 3 is 2.57 bits per heavy atom. The van der Waals surface area contributed by atoms with Crippen molar-refractivity contribution in [1.29, 1.82) is 0 Å². The highest BCUT2D eigenvalue weighted by Crippen LogP contribution is 2.37. The minimum Gasteiger partial charge on any atom is -0.504 e. The van der Waals surface area contributed by atoms with Gasteiger partial charge in [0.05, 0.1) is 23.4 Å². The van der Waals surface area contributed by atoms with E-state index in [1.165, 1.54) is 4.68 Å². The molecule has 0 aliphatic carbocycles. The second-order valence-corrected chi connectivity index (χ2v) is 10.9. The molecule has 1 amide bonds. The van der Waals surface area contributed by atoms with E-state index in [1.807, 2.05) is 26.8 Å². The lowest BCUT2D eigenvalue weighted by atomic mass is 10.1. The highest BCUT2D eigenvalue weighted by atomic mass is 35.5. The highest BCUT2D eigenvalue weighted by molar-refractivity contribution is 6.32. The number of methoxy groups -OCH3 is 1. The Labute approximate surface area is 227 Å². The van der Waals surface area contributed by atoms with Crippen LogP contribution in [0.2, 0.25) is 10.0 Å². The maximum atomic E-state index is 12.9. The van der Waals surface area contributed by atoms with Crippen LogP contribution in [0, 0.1) is 11.8 Å². The van der Waals surface area contributed by atoms with Crippen molar-refractivity contribution in [2.75, 3.05) is 26.7 Å². The Hall–Kier alpha value is -3.02. The number of aromatic hydroxyl groups is 1. The average Bonchev–Trinajstić information content (AvgIpc) is 3.43. The van der Waals surface area contributed by atoms with E-state index in [9.17, 15) is 9.90 Å². The van der Waals surface area contributed by atoms with Crippen molar-refractivity contribution >= 4 is 29.1 Å². The third-order valence-corrected chi connectivity index (χ3v) is 6.51. The number of nitrogens with zero attached hydrogens (tertiary/aromatic N) is 3. The van der Waals surface area contributed by atoms with Gasteiger partial charge in [0.1, 0.15) is 5.69 Å². The normalized spacial score (nSPS) is 15.9. The molecule has 0 radical (unpaired) electrons. The van der Waals surface area contributed by atoms with Gasteiger partial charge in [-0.2, -0.15) is 5.10 Å². The molecule has 1 unspecified atom stereocenters. The van der Waals surface area contributed by atoms with Crippen LogP contribution >= 0.6 is 23.2 Å². The fraction of sp³-hybridized carbons (Fsp3) is 0.357. The number of hydrogen-bond donors (Lipinski definition) is 2. The molecule has 194 valence electrons. The summed E-state index contributed by atoms with van der Waals surface area (Å²) >= 11 is 12.8. The summed E-state index contributed by atoms with van der Waals surface area (Å²) in [7, 11) is 1.74. The lowest BCUT2D eigenvalue weighted by molar-refractivity contribution is 0.0911. The molecule has 2 heterocycles. The topological polar surface area (TPSA) is 79.6 Å². The quantitative estimate of drug-likeness (QED) is 0.437. The van der Waals surface area contributed by atoms with E-state index in [-0.39, 0.29) is 17.5 Å². The first-order valence-corrected chi connectivity index (χ1v) is 12.8. The molecule has 0 bridgehead atoms. The number of hydrogen-bond acceptors (Lipinski definition) is 5. The molecule has 1 atom stereocenters. The lowest BCUT2D eigenvalue weighted by Crippen LogP contribution is -2.40. The molecule has 7 nitrogen and oxygen atoms in total. The minimum absolute atomic E-state index is 0.0974. The molecule has 1 aliphatic rings. The van der Waals surface area contributed by atoms with E-state index < -0.39 is 11.4 Å². The number of ether oxygens (including phenoxy) is 1. The number of likely N-dealkylation sites (tertiary alicyclic amines) is 1. The third-order valence-electron chi connectivity index (χ3n) is 5.96. The summed E-state index contributed by atoms with van der Waals surface area (Å²) in [5.74, 6) is 5.63. The molecule has 4 rings (SSSR count). The second kappa shape index (κ2) is 11.2. The lowest BCUT2D eigenvalue weighted by Gasteiger charge is -2.19. The smallest absolute Gasteiger partial charge is 0.276 e. The van der Waals surface area contributed by atoms with Crippen molar-refractivity contribution in [1.82, 2.24) is 20.0 Å². The molecule has 1 fully saturated rings. The third kappa shape index (κ3) is 6.46. The van der Waals surface area contributed by atoms with Crippen LogP contribution in [0.1, 0.15) is 43.2 Å². The van der Waals surface area contributed by atoms with Crippen LogP contribution in [-0.2, 0) is 4.74 Å². The Morgan fingerprint density at radius 2 is 1.95 bits per heavy atom. The van der Waals surface area contributed by atoms with Crippen LogP contribution in [-0.4, -0.2) is 64.1 Å². The van der Waals surface area contributed by atoms with Crippen LogP contribution < -0.4 is 5.32 Å². The predicted molar refractivity (Wildman–Crippen MR) is 147 cm³/mol. The van der Waals surface area contributed by atoms with Gasteiger partial charge in [-0.15, -0.1) is 0 Å². The van der Waals surface area contributed by atoms with Crippen molar-refractivity contribution in [3.05, 3.63) is 63.8 Å². The van der Waals surface area contributed by atoms with Gasteiger partial charge >= 0.3 is 0 Å².